The fraction of sp³-hybridized carbons (Fsp3) is 0.308. The number of benzene rings is 2. The molecule has 0 radical (unpaired) electrons. The van der Waals surface area contributed by atoms with Crippen LogP contribution in [0.25, 0.3) is 5.65 Å². The van der Waals surface area contributed by atoms with Crippen molar-refractivity contribution in [3.05, 3.63) is 76.5 Å². The van der Waals surface area contributed by atoms with E-state index in [9.17, 15) is 9.18 Å². The lowest BCUT2D eigenvalue weighted by molar-refractivity contribution is 0.203. The zero-order valence-corrected chi connectivity index (χ0v) is 22.2. The second-order valence-corrected chi connectivity index (χ2v) is 10.1. The number of carbonyl (C=O) groups excluding carboxylic acids is 1. The minimum absolute atomic E-state index is 0.00741. The number of anilines is 1. The molecule has 2 aromatic carbocycles. The highest BCUT2D eigenvalue weighted by atomic mass is 35.5. The molecule has 198 valence electrons. The van der Waals surface area contributed by atoms with Gasteiger partial charge in [-0.25, -0.2) is 14.2 Å². The number of rotatable bonds is 7. The zero-order chi connectivity index (χ0) is 26.6. The van der Waals surface area contributed by atoms with E-state index >= 15 is 0 Å². The number of nitrogens with zero attached hydrogens (tertiary/aromatic N) is 6. The highest BCUT2D eigenvalue weighted by Crippen LogP contribution is 2.31. The van der Waals surface area contributed by atoms with Crippen LogP contribution in [0.3, 0.4) is 0 Å². The molecule has 0 bridgehead atoms. The van der Waals surface area contributed by atoms with Crippen LogP contribution in [-0.4, -0.2) is 57.2 Å². The topological polar surface area (TPSA) is 87.9 Å². The number of ether oxygens (including phenoxy) is 1. The Labute approximate surface area is 229 Å². The number of urea groups is 1. The molecule has 0 spiro atoms. The number of carbonyl (C=O) groups is 1. The molecule has 1 aliphatic rings. The van der Waals surface area contributed by atoms with E-state index in [4.69, 9.17) is 27.9 Å². The van der Waals surface area contributed by atoms with Crippen LogP contribution in [0, 0.1) is 11.7 Å². The van der Waals surface area contributed by atoms with Crippen molar-refractivity contribution < 1.29 is 13.9 Å². The summed E-state index contributed by atoms with van der Waals surface area (Å²) >= 11 is 11.9. The third kappa shape index (κ3) is 5.92. The van der Waals surface area contributed by atoms with Crippen LogP contribution in [0.5, 0.6) is 11.5 Å². The maximum absolute atomic E-state index is 13.9. The van der Waals surface area contributed by atoms with Crippen molar-refractivity contribution in [1.82, 2.24) is 29.8 Å². The van der Waals surface area contributed by atoms with Crippen LogP contribution in [0.1, 0.15) is 18.4 Å². The first-order valence-electron chi connectivity index (χ1n) is 12.2. The quantitative estimate of drug-likeness (QED) is 0.326. The second-order valence-electron chi connectivity index (χ2n) is 9.24. The van der Waals surface area contributed by atoms with Crippen LogP contribution in [0.15, 0.2) is 55.1 Å². The van der Waals surface area contributed by atoms with E-state index in [0.29, 0.717) is 17.3 Å². The lowest BCUT2D eigenvalue weighted by Crippen LogP contribution is -2.44. The summed E-state index contributed by atoms with van der Waals surface area (Å²) in [4.78, 5) is 21.2. The molecular formula is C26H26Cl2FN7O2. The summed E-state index contributed by atoms with van der Waals surface area (Å²) in [5.74, 6) is 1.19. The zero-order valence-electron chi connectivity index (χ0n) is 20.6. The minimum atomic E-state index is -0.584. The molecule has 9 nitrogen and oxygen atoms in total. The summed E-state index contributed by atoms with van der Waals surface area (Å²) in [5, 5.41) is 11.7. The van der Waals surface area contributed by atoms with Gasteiger partial charge in [-0.1, -0.05) is 29.3 Å². The molecule has 1 aliphatic heterocycles. The lowest BCUT2D eigenvalue weighted by Gasteiger charge is -2.33. The molecule has 4 aromatic rings. The van der Waals surface area contributed by atoms with Gasteiger partial charge in [-0.15, -0.1) is 10.2 Å². The number of hydrogen-bond donors (Lipinski definition) is 1. The van der Waals surface area contributed by atoms with Gasteiger partial charge in [0.25, 0.3) is 0 Å². The van der Waals surface area contributed by atoms with Gasteiger partial charge in [-0.3, -0.25) is 4.40 Å². The van der Waals surface area contributed by atoms with Gasteiger partial charge in [0.2, 0.25) is 5.65 Å². The minimum Gasteiger partial charge on any atom is -0.457 e. The summed E-state index contributed by atoms with van der Waals surface area (Å²) < 4.78 is 21.6. The van der Waals surface area contributed by atoms with Gasteiger partial charge in [0.1, 0.15) is 23.6 Å². The molecular weight excluding hydrogens is 532 g/mol. The number of amides is 2. The fourth-order valence-electron chi connectivity index (χ4n) is 4.51. The van der Waals surface area contributed by atoms with Gasteiger partial charge in [0.15, 0.2) is 5.82 Å². The van der Waals surface area contributed by atoms with Crippen molar-refractivity contribution in [1.29, 1.82) is 0 Å². The second kappa shape index (κ2) is 11.4. The Balaban J connectivity index is 1.19. The number of hydrogen-bond acceptors (Lipinski definition) is 6. The Morgan fingerprint density at radius 2 is 2.13 bits per heavy atom. The molecule has 2 amide bonds. The van der Waals surface area contributed by atoms with Gasteiger partial charge in [0, 0.05) is 55.7 Å². The molecule has 5 rings (SSSR count). The highest BCUT2D eigenvalue weighted by Gasteiger charge is 2.24. The van der Waals surface area contributed by atoms with Crippen molar-refractivity contribution in [3.8, 4) is 11.5 Å². The number of halogens is 3. The molecule has 1 N–H and O–H groups in total. The van der Waals surface area contributed by atoms with Gasteiger partial charge in [0.05, 0.1) is 11.6 Å². The molecule has 1 unspecified atom stereocenters. The average Bonchev–Trinajstić information content (AvgIpc) is 3.40. The Bertz CT molecular complexity index is 1450. The smallest absolute Gasteiger partial charge is 0.317 e. The summed E-state index contributed by atoms with van der Waals surface area (Å²) in [6.07, 6.45) is 7.21. The van der Waals surface area contributed by atoms with E-state index in [1.165, 1.54) is 12.1 Å². The highest BCUT2D eigenvalue weighted by molar-refractivity contribution is 6.31. The van der Waals surface area contributed by atoms with Crippen molar-refractivity contribution in [2.75, 3.05) is 31.6 Å². The number of fused-ring (bicyclic) bond motifs is 1. The fourth-order valence-corrected chi connectivity index (χ4v) is 4.79. The maximum atomic E-state index is 13.9. The van der Waals surface area contributed by atoms with Crippen molar-refractivity contribution in [3.63, 3.8) is 0 Å². The van der Waals surface area contributed by atoms with Crippen molar-refractivity contribution in [2.45, 2.75) is 19.4 Å². The molecule has 1 fully saturated rings. The maximum Gasteiger partial charge on any atom is 0.317 e. The van der Waals surface area contributed by atoms with Gasteiger partial charge in [-0.05, 0) is 43.0 Å². The first kappa shape index (κ1) is 26.0. The molecule has 0 aliphatic carbocycles. The molecule has 0 saturated carbocycles. The van der Waals surface area contributed by atoms with Gasteiger partial charge < -0.3 is 19.9 Å². The number of aromatic nitrogens is 4. The normalized spacial score (nSPS) is 15.5. The molecule has 38 heavy (non-hydrogen) atoms. The van der Waals surface area contributed by atoms with E-state index in [-0.39, 0.29) is 29.3 Å². The van der Waals surface area contributed by atoms with Crippen LogP contribution in [0.2, 0.25) is 10.0 Å². The molecule has 1 atom stereocenters. The Kier molecular flexibility index (Phi) is 7.80. The van der Waals surface area contributed by atoms with E-state index in [2.05, 4.69) is 25.4 Å². The third-order valence-corrected chi connectivity index (χ3v) is 7.00. The number of nitrogens with one attached hydrogen (secondary N) is 1. The third-order valence-electron chi connectivity index (χ3n) is 6.46. The van der Waals surface area contributed by atoms with E-state index in [0.717, 1.165) is 43.0 Å². The first-order chi connectivity index (χ1) is 18.4. The standard InChI is InChI=1S/C26H26Cl2FN7O2/c1-34(15-18-4-5-19(27)11-23(18)38-20-6-7-21(28)22(29)12-20)26(37)31-13-17-3-2-9-35(14-17)24-25-33-32-16-36(25)10-8-30-24/h4-8,10-12,16-17H,2-3,9,13-15H2,1H3,(H,31,37). The van der Waals surface area contributed by atoms with Crippen molar-refractivity contribution >= 4 is 40.7 Å². The van der Waals surface area contributed by atoms with Crippen LogP contribution in [0.4, 0.5) is 15.0 Å². The summed E-state index contributed by atoms with van der Waals surface area (Å²) in [6, 6.07) is 9.12. The molecule has 12 heteroatoms. The largest absolute Gasteiger partial charge is 0.457 e. The van der Waals surface area contributed by atoms with Crippen molar-refractivity contribution in [2.24, 2.45) is 5.92 Å². The Hall–Kier alpha value is -3.63. The first-order valence-corrected chi connectivity index (χ1v) is 12.9. The van der Waals surface area contributed by atoms with Crippen LogP contribution in [-0.2, 0) is 6.54 Å². The van der Waals surface area contributed by atoms with E-state index < -0.39 is 5.82 Å². The lowest BCUT2D eigenvalue weighted by atomic mass is 9.98. The van der Waals surface area contributed by atoms with Crippen LogP contribution >= 0.6 is 23.2 Å². The Morgan fingerprint density at radius 1 is 1.26 bits per heavy atom. The van der Waals surface area contributed by atoms with Gasteiger partial charge >= 0.3 is 6.03 Å². The Morgan fingerprint density at radius 3 is 2.97 bits per heavy atom. The summed E-state index contributed by atoms with van der Waals surface area (Å²) in [7, 11) is 1.71. The molecule has 3 heterocycles. The average molecular weight is 558 g/mol. The predicted octanol–water partition coefficient (Wildman–Crippen LogP) is 5.42. The number of piperidine rings is 1. The van der Waals surface area contributed by atoms with Crippen LogP contribution < -0.4 is 15.0 Å². The van der Waals surface area contributed by atoms with E-state index in [1.54, 1.807) is 48.7 Å². The summed E-state index contributed by atoms with van der Waals surface area (Å²) in [5.41, 5.74) is 1.44. The molecule has 2 aromatic heterocycles. The SMILES string of the molecule is CN(Cc1ccc(Cl)cc1Oc1ccc(Cl)c(F)c1)C(=O)NCC1CCCN(c2nccn3cnnc23)C1. The van der Waals surface area contributed by atoms with Gasteiger partial charge in [-0.2, -0.15) is 0 Å². The monoisotopic (exact) mass is 557 g/mol. The van der Waals surface area contributed by atoms with E-state index in [1.807, 2.05) is 10.6 Å². The predicted molar refractivity (Wildman–Crippen MR) is 144 cm³/mol. The summed E-state index contributed by atoms with van der Waals surface area (Å²) in [6.45, 7) is 2.44. The molecule has 1 saturated heterocycles.